The van der Waals surface area contributed by atoms with Gasteiger partial charge in [-0.2, -0.15) is 0 Å². The number of amides is 1. The van der Waals surface area contributed by atoms with Crippen molar-refractivity contribution in [2.45, 2.75) is 32.7 Å². The summed E-state index contributed by atoms with van der Waals surface area (Å²) in [7, 11) is 0. The third kappa shape index (κ3) is 4.88. The first-order valence-electron chi connectivity index (χ1n) is 8.11. The molecule has 0 radical (unpaired) electrons. The summed E-state index contributed by atoms with van der Waals surface area (Å²) in [5.74, 6) is -3.23. The molecule has 0 aliphatic carbocycles. The fraction of sp³-hybridized carbons (Fsp3) is 0.333. The van der Waals surface area contributed by atoms with E-state index < -0.39 is 40.4 Å². The molecule has 2 rings (SSSR count). The van der Waals surface area contributed by atoms with E-state index in [1.54, 1.807) is 13.8 Å². The lowest BCUT2D eigenvalue weighted by molar-refractivity contribution is -0.985. The molecule has 0 saturated carbocycles. The van der Waals surface area contributed by atoms with E-state index in [0.29, 0.717) is 0 Å². The number of carboxylic acids is 1. The average molecular weight is 386 g/mol. The van der Waals surface area contributed by atoms with Crippen molar-refractivity contribution in [1.29, 1.82) is 0 Å². The number of para-hydroxylation sites is 2. The van der Waals surface area contributed by atoms with Crippen LogP contribution in [0.25, 0.3) is 0 Å². The molecule has 27 heavy (non-hydrogen) atoms. The fourth-order valence-electron chi connectivity index (χ4n) is 2.67. The maximum atomic E-state index is 12.7. The highest BCUT2D eigenvalue weighted by molar-refractivity contribution is 5.86. The quantitative estimate of drug-likeness (QED) is 0.722. The zero-order chi connectivity index (χ0) is 20.2. The fourth-order valence-corrected chi connectivity index (χ4v) is 2.67. The second kappa shape index (κ2) is 7.83. The lowest BCUT2D eigenvalue weighted by Gasteiger charge is -2.35. The smallest absolute Gasteiger partial charge is 0.477 e. The second-order valence-corrected chi connectivity index (χ2v) is 6.32. The Kier molecular flexibility index (Phi) is 5.94. The number of nitrogens with zero attached hydrogens (tertiary/aromatic N) is 1. The van der Waals surface area contributed by atoms with Gasteiger partial charge in [0.1, 0.15) is 6.20 Å². The minimum atomic E-state index is -4.98. The van der Waals surface area contributed by atoms with Crippen molar-refractivity contribution in [1.82, 2.24) is 0 Å². The number of carbonyl (C=O) groups excluding carboxylic acids is 1. The van der Waals surface area contributed by atoms with Gasteiger partial charge in [-0.15, -0.1) is 13.2 Å². The van der Waals surface area contributed by atoms with Gasteiger partial charge in [0.2, 0.25) is 11.8 Å². The van der Waals surface area contributed by atoms with Crippen molar-refractivity contribution in [3.63, 3.8) is 0 Å². The van der Waals surface area contributed by atoms with Gasteiger partial charge in [0.15, 0.2) is 5.75 Å². The van der Waals surface area contributed by atoms with E-state index in [4.69, 9.17) is 4.84 Å². The number of alkyl halides is 3. The summed E-state index contributed by atoms with van der Waals surface area (Å²) in [5.41, 5.74) is 0. The van der Waals surface area contributed by atoms with Gasteiger partial charge < -0.3 is 9.84 Å². The number of quaternary nitrogens is 1. The molecule has 1 N–H and O–H groups in total. The number of hydrogen-bond donors (Lipinski definition) is 1. The van der Waals surface area contributed by atoms with Crippen LogP contribution in [0.2, 0.25) is 0 Å². The zero-order valence-corrected chi connectivity index (χ0v) is 14.6. The standard InChI is InChI=1S/C18H18F3NO5/c1-12(2)11-13(17(24)25)22(10-6-5-9-16(22)23)27-15-8-4-3-7-14(15)26-18(19,20)21/h3-10,12-13H,11H2,1-2H3/p+1. The molecule has 2 atom stereocenters. The molecule has 1 aromatic carbocycles. The van der Waals surface area contributed by atoms with Gasteiger partial charge in [-0.1, -0.05) is 26.0 Å². The maximum Gasteiger partial charge on any atom is 0.573 e. The predicted molar refractivity (Wildman–Crippen MR) is 88.2 cm³/mol. The van der Waals surface area contributed by atoms with Crippen LogP contribution in [0.3, 0.4) is 0 Å². The molecule has 0 saturated heterocycles. The second-order valence-electron chi connectivity index (χ2n) is 6.32. The molecule has 1 aromatic rings. The Bertz CT molecular complexity index is 773. The Morgan fingerprint density at radius 3 is 2.33 bits per heavy atom. The predicted octanol–water partition coefficient (Wildman–Crippen LogP) is 3.81. The number of carboxylic acid groups (broad SMARTS) is 1. The number of halogens is 3. The number of aliphatic carboxylic acids is 1. The van der Waals surface area contributed by atoms with Crippen LogP contribution in [0.15, 0.2) is 48.7 Å². The molecule has 1 amide bonds. The van der Waals surface area contributed by atoms with Crippen LogP contribution in [0.1, 0.15) is 20.3 Å². The van der Waals surface area contributed by atoms with Crippen LogP contribution in [-0.4, -0.2) is 34.0 Å². The summed E-state index contributed by atoms with van der Waals surface area (Å²) in [5, 5.41) is 9.67. The number of carbonyl (C=O) groups is 2. The summed E-state index contributed by atoms with van der Waals surface area (Å²) in [6.45, 7) is 3.53. The summed E-state index contributed by atoms with van der Waals surface area (Å²) in [4.78, 5) is 30.1. The first-order valence-corrected chi connectivity index (χ1v) is 8.11. The molecule has 1 heterocycles. The van der Waals surface area contributed by atoms with Crippen LogP contribution in [0.4, 0.5) is 13.2 Å². The van der Waals surface area contributed by atoms with E-state index in [0.717, 1.165) is 12.1 Å². The van der Waals surface area contributed by atoms with Gasteiger partial charge in [0, 0.05) is 12.5 Å². The topological polar surface area (TPSA) is 72.8 Å². The van der Waals surface area contributed by atoms with Crippen LogP contribution in [0.5, 0.6) is 11.5 Å². The molecule has 6 nitrogen and oxygen atoms in total. The van der Waals surface area contributed by atoms with E-state index in [2.05, 4.69) is 4.74 Å². The minimum Gasteiger partial charge on any atom is -0.477 e. The summed E-state index contributed by atoms with van der Waals surface area (Å²) in [6, 6.07) is 3.52. The Labute approximate surface area is 153 Å². The van der Waals surface area contributed by atoms with Crippen LogP contribution < -0.4 is 9.57 Å². The zero-order valence-electron chi connectivity index (χ0n) is 14.6. The van der Waals surface area contributed by atoms with Crippen molar-refractivity contribution in [3.05, 3.63) is 48.7 Å². The molecule has 0 bridgehead atoms. The van der Waals surface area contributed by atoms with Crippen molar-refractivity contribution in [2.75, 3.05) is 0 Å². The van der Waals surface area contributed by atoms with Gasteiger partial charge in [-0.05, 0) is 34.8 Å². The number of hydroxylamine groups is 3. The Morgan fingerprint density at radius 1 is 1.19 bits per heavy atom. The molecule has 0 aromatic heterocycles. The normalized spacial score (nSPS) is 20.6. The number of rotatable bonds is 7. The molecule has 146 valence electrons. The maximum absolute atomic E-state index is 12.7. The molecule has 2 unspecified atom stereocenters. The SMILES string of the molecule is CC(C)CC(C(=O)O)[N+]1(Oc2ccccc2OC(F)(F)F)C=CC=CC1=O. The van der Waals surface area contributed by atoms with Crippen molar-refractivity contribution in [2.24, 2.45) is 5.92 Å². The highest BCUT2D eigenvalue weighted by Crippen LogP contribution is 2.36. The van der Waals surface area contributed by atoms with E-state index in [1.165, 1.54) is 36.6 Å². The van der Waals surface area contributed by atoms with Gasteiger partial charge >= 0.3 is 18.2 Å². The van der Waals surface area contributed by atoms with Gasteiger partial charge in [0.25, 0.3) is 0 Å². The van der Waals surface area contributed by atoms with E-state index in [1.807, 2.05) is 0 Å². The minimum absolute atomic E-state index is 0.0571. The van der Waals surface area contributed by atoms with Crippen LogP contribution >= 0.6 is 0 Å². The molecule has 0 spiro atoms. The molecule has 9 heteroatoms. The molecule has 1 aliphatic heterocycles. The van der Waals surface area contributed by atoms with Crippen molar-refractivity contribution >= 4 is 11.9 Å². The summed E-state index contributed by atoms with van der Waals surface area (Å²) >= 11 is 0. The number of hydrogen-bond acceptors (Lipinski definition) is 4. The molecule has 1 aliphatic rings. The van der Waals surface area contributed by atoms with Crippen molar-refractivity contribution < 1.29 is 42.1 Å². The molecule has 0 fully saturated rings. The van der Waals surface area contributed by atoms with E-state index in [-0.39, 0.29) is 12.3 Å². The van der Waals surface area contributed by atoms with Gasteiger partial charge in [0.05, 0.1) is 0 Å². The third-order valence-corrected chi connectivity index (χ3v) is 3.77. The number of benzene rings is 1. The monoisotopic (exact) mass is 386 g/mol. The van der Waals surface area contributed by atoms with Gasteiger partial charge in [-0.3, -0.25) is 4.84 Å². The first kappa shape index (κ1) is 20.5. The Balaban J connectivity index is 2.52. The molecular weight excluding hydrogens is 367 g/mol. The van der Waals surface area contributed by atoms with Gasteiger partial charge in [-0.25, -0.2) is 9.59 Å². The third-order valence-electron chi connectivity index (χ3n) is 3.77. The number of allylic oxidation sites excluding steroid dienone is 2. The van der Waals surface area contributed by atoms with Crippen molar-refractivity contribution in [3.8, 4) is 11.5 Å². The van der Waals surface area contributed by atoms with Crippen LogP contribution in [-0.2, 0) is 9.59 Å². The number of ether oxygens (including phenoxy) is 1. The first-order chi connectivity index (χ1) is 12.5. The van der Waals surface area contributed by atoms with E-state index >= 15 is 0 Å². The van der Waals surface area contributed by atoms with E-state index in [9.17, 15) is 27.9 Å². The highest BCUT2D eigenvalue weighted by Gasteiger charge is 2.51. The Hall–Kier alpha value is -2.81. The molecular formula is C18H19F3NO5+. The summed E-state index contributed by atoms with van der Waals surface area (Å²) in [6.07, 6.45) is 0.203. The Morgan fingerprint density at radius 2 is 1.81 bits per heavy atom. The lowest BCUT2D eigenvalue weighted by Crippen LogP contribution is -2.61. The summed E-state index contributed by atoms with van der Waals surface area (Å²) < 4.78 is 40.8. The largest absolute Gasteiger partial charge is 0.573 e. The highest BCUT2D eigenvalue weighted by atomic mass is 19.4. The lowest BCUT2D eigenvalue weighted by atomic mass is 10.0. The average Bonchev–Trinajstić information content (AvgIpc) is 2.55. The van der Waals surface area contributed by atoms with Crippen LogP contribution in [0, 0.1) is 5.92 Å².